The molecule has 0 aromatic heterocycles. The first-order valence-electron chi connectivity index (χ1n) is 7.36. The van der Waals surface area contributed by atoms with Crippen LogP contribution >= 0.6 is 0 Å². The van der Waals surface area contributed by atoms with Crippen LogP contribution in [0, 0.1) is 11.3 Å². The van der Waals surface area contributed by atoms with Gasteiger partial charge in [-0.05, 0) is 37.1 Å². The van der Waals surface area contributed by atoms with Gasteiger partial charge in [0.1, 0.15) is 0 Å². The molecule has 17 heavy (non-hydrogen) atoms. The van der Waals surface area contributed by atoms with Gasteiger partial charge in [-0.15, -0.1) is 0 Å². The Morgan fingerprint density at radius 1 is 1.06 bits per heavy atom. The minimum atomic E-state index is 0.398. The Kier molecular flexibility index (Phi) is 7.14. The molecule has 0 aromatic carbocycles. The maximum atomic E-state index is 5.64. The summed E-state index contributed by atoms with van der Waals surface area (Å²) >= 11 is 0. The average molecular weight is 241 g/mol. The van der Waals surface area contributed by atoms with Crippen molar-refractivity contribution in [3.8, 4) is 0 Å². The lowest BCUT2D eigenvalue weighted by Gasteiger charge is -2.22. The normalized spacial score (nSPS) is 18.5. The largest absolute Gasteiger partial charge is 0.380 e. The summed E-state index contributed by atoms with van der Waals surface area (Å²) in [5.74, 6) is 0.929. The predicted molar refractivity (Wildman–Crippen MR) is 74.3 cm³/mol. The summed E-state index contributed by atoms with van der Waals surface area (Å²) in [7, 11) is 0. The average Bonchev–Trinajstić information content (AvgIpc) is 2.28. The molecule has 102 valence electrons. The number of hydrogen-bond acceptors (Lipinski definition) is 2. The summed E-state index contributed by atoms with van der Waals surface area (Å²) < 4.78 is 5.64. The minimum absolute atomic E-state index is 0.398. The molecule has 0 atom stereocenters. The standard InChI is InChI=1S/C15H31NO/c1-15(2,3)9-11-17-12-10-16-13-14-7-5-4-6-8-14/h14,16H,4-13H2,1-3H3. The lowest BCUT2D eigenvalue weighted by molar-refractivity contribution is 0.109. The van der Waals surface area contributed by atoms with Crippen LogP contribution in [0.3, 0.4) is 0 Å². The van der Waals surface area contributed by atoms with Gasteiger partial charge < -0.3 is 10.1 Å². The SMILES string of the molecule is CC(C)(C)CCOCCNCC1CCCCC1. The van der Waals surface area contributed by atoms with Crippen LogP contribution < -0.4 is 5.32 Å². The number of rotatable bonds is 7. The molecule has 1 aliphatic carbocycles. The maximum absolute atomic E-state index is 5.64. The molecule has 1 rings (SSSR count). The lowest BCUT2D eigenvalue weighted by Crippen LogP contribution is -2.27. The Bertz CT molecular complexity index is 180. The number of nitrogens with one attached hydrogen (secondary N) is 1. The maximum Gasteiger partial charge on any atom is 0.0590 e. The quantitative estimate of drug-likeness (QED) is 0.688. The van der Waals surface area contributed by atoms with Crippen molar-refractivity contribution >= 4 is 0 Å². The summed E-state index contributed by atoms with van der Waals surface area (Å²) in [6.45, 7) is 10.8. The molecule has 0 radical (unpaired) electrons. The molecule has 1 N–H and O–H groups in total. The molecule has 1 aliphatic rings. The Hall–Kier alpha value is -0.0800. The monoisotopic (exact) mass is 241 g/mol. The Labute approximate surface area is 108 Å². The summed E-state index contributed by atoms with van der Waals surface area (Å²) in [4.78, 5) is 0. The Balaban J connectivity index is 1.84. The van der Waals surface area contributed by atoms with E-state index in [0.29, 0.717) is 5.41 Å². The highest BCUT2D eigenvalue weighted by atomic mass is 16.5. The van der Waals surface area contributed by atoms with Crippen molar-refractivity contribution in [1.29, 1.82) is 0 Å². The fraction of sp³-hybridized carbons (Fsp3) is 1.00. The second kappa shape index (κ2) is 8.10. The molecule has 0 aliphatic heterocycles. The van der Waals surface area contributed by atoms with Gasteiger partial charge in [-0.25, -0.2) is 0 Å². The summed E-state index contributed by atoms with van der Waals surface area (Å²) in [6.07, 6.45) is 8.33. The lowest BCUT2D eigenvalue weighted by atomic mass is 9.89. The van der Waals surface area contributed by atoms with Gasteiger partial charge in [0.05, 0.1) is 6.61 Å². The van der Waals surface area contributed by atoms with Crippen LogP contribution in [0.5, 0.6) is 0 Å². The second-order valence-corrected chi connectivity index (χ2v) is 6.63. The van der Waals surface area contributed by atoms with E-state index in [9.17, 15) is 0 Å². The third-order valence-electron chi connectivity index (χ3n) is 3.58. The molecule has 0 amide bonds. The molecule has 1 saturated carbocycles. The highest BCUT2D eigenvalue weighted by molar-refractivity contribution is 4.67. The number of ether oxygens (including phenoxy) is 1. The molecular formula is C15H31NO. The summed E-state index contributed by atoms with van der Waals surface area (Å²) in [5.41, 5.74) is 0.398. The van der Waals surface area contributed by atoms with Crippen LogP contribution in [-0.4, -0.2) is 26.3 Å². The first-order valence-corrected chi connectivity index (χ1v) is 7.36. The van der Waals surface area contributed by atoms with E-state index in [1.807, 2.05) is 0 Å². The van der Waals surface area contributed by atoms with Crippen molar-refractivity contribution in [2.75, 3.05) is 26.3 Å². The van der Waals surface area contributed by atoms with Gasteiger partial charge in [0, 0.05) is 13.2 Å². The molecule has 0 spiro atoms. The van der Waals surface area contributed by atoms with Gasteiger partial charge in [-0.3, -0.25) is 0 Å². The van der Waals surface area contributed by atoms with E-state index in [2.05, 4.69) is 26.1 Å². The number of hydrogen-bond donors (Lipinski definition) is 1. The van der Waals surface area contributed by atoms with Crippen molar-refractivity contribution in [2.45, 2.75) is 59.3 Å². The van der Waals surface area contributed by atoms with Crippen molar-refractivity contribution in [3.63, 3.8) is 0 Å². The summed E-state index contributed by atoms with van der Waals surface area (Å²) in [6, 6.07) is 0. The van der Waals surface area contributed by atoms with Crippen molar-refractivity contribution in [2.24, 2.45) is 11.3 Å². The third-order valence-corrected chi connectivity index (χ3v) is 3.58. The van der Waals surface area contributed by atoms with Crippen LogP contribution in [0.15, 0.2) is 0 Å². The molecule has 1 fully saturated rings. The first kappa shape index (κ1) is 15.0. The highest BCUT2D eigenvalue weighted by Gasteiger charge is 2.12. The highest BCUT2D eigenvalue weighted by Crippen LogP contribution is 2.22. The fourth-order valence-corrected chi connectivity index (χ4v) is 2.32. The van der Waals surface area contributed by atoms with E-state index in [1.165, 1.54) is 38.6 Å². The van der Waals surface area contributed by atoms with E-state index < -0.39 is 0 Å². The third kappa shape index (κ3) is 8.62. The van der Waals surface area contributed by atoms with Crippen LogP contribution in [0.4, 0.5) is 0 Å². The fourth-order valence-electron chi connectivity index (χ4n) is 2.32. The van der Waals surface area contributed by atoms with Crippen molar-refractivity contribution in [3.05, 3.63) is 0 Å². The zero-order valence-corrected chi connectivity index (χ0v) is 12.1. The van der Waals surface area contributed by atoms with Gasteiger partial charge >= 0.3 is 0 Å². The van der Waals surface area contributed by atoms with Crippen LogP contribution in [0.2, 0.25) is 0 Å². The predicted octanol–water partition coefficient (Wildman–Crippen LogP) is 3.61. The molecular weight excluding hydrogens is 210 g/mol. The van der Waals surface area contributed by atoms with Gasteiger partial charge in [0.25, 0.3) is 0 Å². The van der Waals surface area contributed by atoms with Gasteiger partial charge in [0.15, 0.2) is 0 Å². The Morgan fingerprint density at radius 3 is 2.41 bits per heavy atom. The zero-order chi connectivity index (χ0) is 12.6. The molecule has 2 nitrogen and oxygen atoms in total. The van der Waals surface area contributed by atoms with E-state index in [4.69, 9.17) is 4.74 Å². The topological polar surface area (TPSA) is 21.3 Å². The van der Waals surface area contributed by atoms with Crippen LogP contribution in [0.1, 0.15) is 59.3 Å². The van der Waals surface area contributed by atoms with Gasteiger partial charge in [0.2, 0.25) is 0 Å². The summed E-state index contributed by atoms with van der Waals surface area (Å²) in [5, 5.41) is 3.53. The Morgan fingerprint density at radius 2 is 1.76 bits per heavy atom. The van der Waals surface area contributed by atoms with Crippen LogP contribution in [0.25, 0.3) is 0 Å². The molecule has 0 aromatic rings. The van der Waals surface area contributed by atoms with Crippen molar-refractivity contribution < 1.29 is 4.74 Å². The molecule has 0 bridgehead atoms. The van der Waals surface area contributed by atoms with E-state index in [0.717, 1.165) is 32.1 Å². The minimum Gasteiger partial charge on any atom is -0.380 e. The molecule has 0 saturated heterocycles. The first-order chi connectivity index (χ1) is 8.08. The van der Waals surface area contributed by atoms with Crippen LogP contribution in [-0.2, 0) is 4.74 Å². The second-order valence-electron chi connectivity index (χ2n) is 6.63. The molecule has 0 unspecified atom stereocenters. The smallest absolute Gasteiger partial charge is 0.0590 e. The van der Waals surface area contributed by atoms with Gasteiger partial charge in [-0.2, -0.15) is 0 Å². The van der Waals surface area contributed by atoms with E-state index >= 15 is 0 Å². The zero-order valence-electron chi connectivity index (χ0n) is 12.1. The molecule has 2 heteroatoms. The van der Waals surface area contributed by atoms with E-state index in [-0.39, 0.29) is 0 Å². The molecule has 0 heterocycles. The van der Waals surface area contributed by atoms with Crippen molar-refractivity contribution in [1.82, 2.24) is 5.32 Å². The van der Waals surface area contributed by atoms with E-state index in [1.54, 1.807) is 0 Å². The van der Waals surface area contributed by atoms with Gasteiger partial charge in [-0.1, -0.05) is 40.0 Å².